The number of benzene rings is 1. The highest BCUT2D eigenvalue weighted by Crippen LogP contribution is 2.09. The first-order valence-corrected chi connectivity index (χ1v) is 5.78. The van der Waals surface area contributed by atoms with E-state index in [1.807, 2.05) is 18.2 Å². The van der Waals surface area contributed by atoms with Gasteiger partial charge in [0.05, 0.1) is 0 Å². The molecule has 0 saturated carbocycles. The lowest BCUT2D eigenvalue weighted by Gasteiger charge is -2.05. The summed E-state index contributed by atoms with van der Waals surface area (Å²) in [6.45, 7) is 1.96. The van der Waals surface area contributed by atoms with Crippen molar-refractivity contribution in [3.63, 3.8) is 0 Å². The van der Waals surface area contributed by atoms with Gasteiger partial charge in [-0.25, -0.2) is 4.57 Å². The fourth-order valence-corrected chi connectivity index (χ4v) is 1.92. The van der Waals surface area contributed by atoms with E-state index in [1.165, 1.54) is 5.56 Å². The minimum Gasteiger partial charge on any atom is -0.326 e. The molecular formula is C14H18N3+. The summed E-state index contributed by atoms with van der Waals surface area (Å²) in [5, 5.41) is 0. The maximum atomic E-state index is 5.69. The molecule has 1 aromatic carbocycles. The van der Waals surface area contributed by atoms with Crippen LogP contribution in [0.1, 0.15) is 16.7 Å². The number of hydrogen-bond acceptors (Lipinski definition) is 2. The maximum Gasteiger partial charge on any atom is 0.173 e. The zero-order valence-corrected chi connectivity index (χ0v) is 9.84. The molecule has 17 heavy (non-hydrogen) atoms. The molecule has 4 N–H and O–H groups in total. The zero-order valence-electron chi connectivity index (χ0n) is 9.84. The predicted octanol–water partition coefficient (Wildman–Crippen LogP) is 0.940. The molecular weight excluding hydrogens is 210 g/mol. The van der Waals surface area contributed by atoms with Crippen molar-refractivity contribution in [2.75, 3.05) is 0 Å². The van der Waals surface area contributed by atoms with E-state index in [0.29, 0.717) is 13.1 Å². The molecule has 0 bridgehead atoms. The number of aromatic nitrogens is 1. The Morgan fingerprint density at radius 3 is 1.82 bits per heavy atom. The quantitative estimate of drug-likeness (QED) is 0.765. The average molecular weight is 228 g/mol. The molecule has 0 aliphatic heterocycles. The summed E-state index contributed by atoms with van der Waals surface area (Å²) in [4.78, 5) is 0. The molecule has 3 heteroatoms. The van der Waals surface area contributed by atoms with Crippen molar-refractivity contribution in [2.45, 2.75) is 19.6 Å². The first-order valence-electron chi connectivity index (χ1n) is 5.78. The summed E-state index contributed by atoms with van der Waals surface area (Å²) in [5.74, 6) is 0. The molecule has 0 spiro atoms. The maximum absolute atomic E-state index is 5.69. The minimum atomic E-state index is 0.556. The van der Waals surface area contributed by atoms with Crippen molar-refractivity contribution in [3.8, 4) is 0 Å². The normalized spacial score (nSPS) is 10.5. The van der Waals surface area contributed by atoms with Crippen LogP contribution in [-0.2, 0) is 19.6 Å². The van der Waals surface area contributed by atoms with Crippen LogP contribution in [0.15, 0.2) is 48.8 Å². The van der Waals surface area contributed by atoms with Crippen LogP contribution in [0.3, 0.4) is 0 Å². The Hall–Kier alpha value is -1.71. The molecule has 3 nitrogen and oxygen atoms in total. The van der Waals surface area contributed by atoms with Crippen molar-refractivity contribution in [3.05, 3.63) is 65.5 Å². The van der Waals surface area contributed by atoms with E-state index in [1.54, 1.807) is 0 Å². The fourth-order valence-electron chi connectivity index (χ4n) is 1.92. The molecule has 0 fully saturated rings. The third-order valence-electron chi connectivity index (χ3n) is 2.73. The topological polar surface area (TPSA) is 55.9 Å². The highest BCUT2D eigenvalue weighted by atomic mass is 14.9. The third-order valence-corrected chi connectivity index (χ3v) is 2.73. The van der Waals surface area contributed by atoms with Crippen LogP contribution >= 0.6 is 0 Å². The highest BCUT2D eigenvalue weighted by molar-refractivity contribution is 5.29. The zero-order chi connectivity index (χ0) is 12.1. The SMILES string of the molecule is NCc1cc(CN)cc(C[n+]2ccccc2)c1. The first kappa shape index (κ1) is 11.8. The Bertz CT molecular complexity index is 458. The Morgan fingerprint density at radius 1 is 0.765 bits per heavy atom. The van der Waals surface area contributed by atoms with Crippen LogP contribution < -0.4 is 16.0 Å². The summed E-state index contributed by atoms with van der Waals surface area (Å²) in [5.41, 5.74) is 14.9. The summed E-state index contributed by atoms with van der Waals surface area (Å²) < 4.78 is 2.13. The molecule has 0 atom stereocenters. The monoisotopic (exact) mass is 228 g/mol. The van der Waals surface area contributed by atoms with Gasteiger partial charge in [0, 0.05) is 30.8 Å². The molecule has 88 valence electrons. The van der Waals surface area contributed by atoms with E-state index >= 15 is 0 Å². The van der Waals surface area contributed by atoms with Crippen LogP contribution in [0.4, 0.5) is 0 Å². The average Bonchev–Trinajstić information content (AvgIpc) is 2.39. The summed E-state index contributed by atoms with van der Waals surface area (Å²) in [6.07, 6.45) is 4.11. The van der Waals surface area contributed by atoms with Gasteiger partial charge < -0.3 is 11.5 Å². The second kappa shape index (κ2) is 5.57. The molecule has 0 unspecified atom stereocenters. The summed E-state index contributed by atoms with van der Waals surface area (Å²) in [6, 6.07) is 12.4. The molecule has 0 radical (unpaired) electrons. The van der Waals surface area contributed by atoms with Gasteiger partial charge in [-0.1, -0.05) is 12.1 Å². The van der Waals surface area contributed by atoms with Crippen molar-refractivity contribution in [2.24, 2.45) is 11.5 Å². The van der Waals surface area contributed by atoms with Gasteiger partial charge in [-0.15, -0.1) is 0 Å². The second-order valence-corrected chi connectivity index (χ2v) is 4.11. The van der Waals surface area contributed by atoms with Gasteiger partial charge in [0.25, 0.3) is 0 Å². The summed E-state index contributed by atoms with van der Waals surface area (Å²) in [7, 11) is 0. The predicted molar refractivity (Wildman–Crippen MR) is 68.0 cm³/mol. The van der Waals surface area contributed by atoms with E-state index in [0.717, 1.165) is 17.7 Å². The Labute approximate surface area is 102 Å². The van der Waals surface area contributed by atoms with Crippen molar-refractivity contribution >= 4 is 0 Å². The van der Waals surface area contributed by atoms with Crippen molar-refractivity contribution < 1.29 is 4.57 Å². The van der Waals surface area contributed by atoms with Crippen LogP contribution in [-0.4, -0.2) is 0 Å². The Balaban J connectivity index is 2.26. The van der Waals surface area contributed by atoms with Gasteiger partial charge in [-0.05, 0) is 23.3 Å². The fraction of sp³-hybridized carbons (Fsp3) is 0.214. The molecule has 0 amide bonds. The lowest BCUT2D eigenvalue weighted by atomic mass is 10.1. The molecule has 0 aliphatic carbocycles. The number of hydrogen-bond donors (Lipinski definition) is 2. The van der Waals surface area contributed by atoms with Crippen LogP contribution in [0, 0.1) is 0 Å². The number of nitrogens with two attached hydrogens (primary N) is 2. The number of pyridine rings is 1. The second-order valence-electron chi connectivity index (χ2n) is 4.11. The van der Waals surface area contributed by atoms with Gasteiger partial charge in [-0.3, -0.25) is 0 Å². The van der Waals surface area contributed by atoms with E-state index in [-0.39, 0.29) is 0 Å². The van der Waals surface area contributed by atoms with E-state index in [9.17, 15) is 0 Å². The molecule has 0 aliphatic rings. The lowest BCUT2D eigenvalue weighted by molar-refractivity contribution is -0.688. The summed E-state index contributed by atoms with van der Waals surface area (Å²) >= 11 is 0. The number of nitrogens with zero attached hydrogens (tertiary/aromatic N) is 1. The number of rotatable bonds is 4. The molecule has 2 rings (SSSR count). The van der Waals surface area contributed by atoms with Gasteiger partial charge >= 0.3 is 0 Å². The standard InChI is InChI=1S/C14H18N3/c15-9-12-6-13(10-16)8-14(7-12)11-17-4-2-1-3-5-17/h1-8H,9-11,15-16H2/q+1. The molecule has 0 saturated heterocycles. The van der Waals surface area contributed by atoms with Crippen LogP contribution in [0.2, 0.25) is 0 Å². The smallest absolute Gasteiger partial charge is 0.173 e. The lowest BCUT2D eigenvalue weighted by Crippen LogP contribution is -2.32. The van der Waals surface area contributed by atoms with Gasteiger partial charge in [-0.2, -0.15) is 0 Å². The van der Waals surface area contributed by atoms with E-state index in [2.05, 4.69) is 35.2 Å². The molecule has 2 aromatic rings. The van der Waals surface area contributed by atoms with Gasteiger partial charge in [0.1, 0.15) is 0 Å². The van der Waals surface area contributed by atoms with E-state index in [4.69, 9.17) is 11.5 Å². The van der Waals surface area contributed by atoms with Gasteiger partial charge in [0.15, 0.2) is 18.9 Å². The Kier molecular flexibility index (Phi) is 3.85. The van der Waals surface area contributed by atoms with Gasteiger partial charge in [0.2, 0.25) is 0 Å². The van der Waals surface area contributed by atoms with Crippen LogP contribution in [0.25, 0.3) is 0 Å². The minimum absolute atomic E-state index is 0.556. The van der Waals surface area contributed by atoms with Crippen LogP contribution in [0.5, 0.6) is 0 Å². The van der Waals surface area contributed by atoms with Crippen molar-refractivity contribution in [1.29, 1.82) is 0 Å². The first-order chi connectivity index (χ1) is 8.31. The molecule has 1 heterocycles. The Morgan fingerprint density at radius 2 is 1.29 bits per heavy atom. The molecule has 1 aromatic heterocycles. The van der Waals surface area contributed by atoms with Crippen molar-refractivity contribution in [1.82, 2.24) is 0 Å². The van der Waals surface area contributed by atoms with E-state index < -0.39 is 0 Å². The largest absolute Gasteiger partial charge is 0.326 e. The highest BCUT2D eigenvalue weighted by Gasteiger charge is 2.04. The third kappa shape index (κ3) is 3.12.